The summed E-state index contributed by atoms with van der Waals surface area (Å²) in [5.41, 5.74) is 2.86. The Hall–Kier alpha value is -3.72. The molecule has 3 rings (SSSR count). The average Bonchev–Trinajstić information content (AvgIpc) is 2.86. The maximum atomic E-state index is 13.9. The number of amides is 2. The Morgan fingerprint density at radius 1 is 0.895 bits per heavy atom. The van der Waals surface area contributed by atoms with Gasteiger partial charge in [-0.3, -0.25) is 13.9 Å². The highest BCUT2D eigenvalue weighted by Crippen LogP contribution is 2.21. The van der Waals surface area contributed by atoms with Crippen LogP contribution in [0.25, 0.3) is 0 Å². The maximum absolute atomic E-state index is 13.9. The molecular weight excluding hydrogens is 505 g/mol. The summed E-state index contributed by atoms with van der Waals surface area (Å²) in [7, 11) is -3.90. The molecule has 38 heavy (non-hydrogen) atoms. The molecule has 9 heteroatoms. The van der Waals surface area contributed by atoms with E-state index in [4.69, 9.17) is 0 Å². The molecule has 0 aliphatic heterocycles. The molecule has 0 saturated heterocycles. The van der Waals surface area contributed by atoms with E-state index in [9.17, 15) is 22.4 Å². The summed E-state index contributed by atoms with van der Waals surface area (Å²) in [5.74, 6) is -1.42. The second-order valence-corrected chi connectivity index (χ2v) is 11.5. The number of nitrogens with one attached hydrogen (secondary N) is 1. The lowest BCUT2D eigenvalue weighted by molar-refractivity contribution is -0.140. The van der Waals surface area contributed by atoms with Crippen molar-refractivity contribution in [2.24, 2.45) is 0 Å². The van der Waals surface area contributed by atoms with Crippen LogP contribution < -0.4 is 9.62 Å². The van der Waals surface area contributed by atoms with Crippen molar-refractivity contribution in [1.29, 1.82) is 0 Å². The molecule has 0 aliphatic carbocycles. The number of anilines is 1. The summed E-state index contributed by atoms with van der Waals surface area (Å²) in [6.45, 7) is 5.18. The second-order valence-electron chi connectivity index (χ2n) is 9.62. The molecule has 0 fully saturated rings. The third-order valence-electron chi connectivity index (χ3n) is 5.97. The van der Waals surface area contributed by atoms with Crippen LogP contribution in [0, 0.1) is 12.7 Å². The molecule has 0 saturated carbocycles. The van der Waals surface area contributed by atoms with Crippen molar-refractivity contribution in [3.63, 3.8) is 0 Å². The minimum Gasteiger partial charge on any atom is -0.352 e. The summed E-state index contributed by atoms with van der Waals surface area (Å²) in [6, 6.07) is 20.8. The number of nitrogens with zero attached hydrogens (tertiary/aromatic N) is 2. The first-order chi connectivity index (χ1) is 17.9. The molecule has 2 amide bonds. The first-order valence-corrected chi connectivity index (χ1v) is 14.2. The number of rotatable bonds is 11. The lowest BCUT2D eigenvalue weighted by Gasteiger charge is -2.34. The van der Waals surface area contributed by atoms with Crippen molar-refractivity contribution in [2.75, 3.05) is 17.1 Å². The van der Waals surface area contributed by atoms with E-state index >= 15 is 0 Å². The molecule has 0 unspecified atom stereocenters. The predicted octanol–water partition coefficient (Wildman–Crippen LogP) is 4.06. The maximum Gasteiger partial charge on any atom is 0.244 e. The van der Waals surface area contributed by atoms with Crippen LogP contribution in [0.3, 0.4) is 0 Å². The van der Waals surface area contributed by atoms with Gasteiger partial charge in [-0.05, 0) is 56.2 Å². The summed E-state index contributed by atoms with van der Waals surface area (Å²) in [4.78, 5) is 28.8. The molecule has 0 radical (unpaired) electrons. The summed E-state index contributed by atoms with van der Waals surface area (Å²) in [6.07, 6.45) is 1.23. The number of carbonyl (C=O) groups is 2. The lowest BCUT2D eigenvalue weighted by atomic mass is 10.0. The normalized spacial score (nSPS) is 12.2. The Labute approximate surface area is 224 Å². The van der Waals surface area contributed by atoms with Crippen LogP contribution in [0.5, 0.6) is 0 Å². The van der Waals surface area contributed by atoms with Crippen molar-refractivity contribution in [3.8, 4) is 0 Å². The van der Waals surface area contributed by atoms with E-state index in [1.807, 2.05) is 75.4 Å². The van der Waals surface area contributed by atoms with E-state index in [1.54, 1.807) is 0 Å². The van der Waals surface area contributed by atoms with Crippen LogP contribution in [0.1, 0.15) is 30.5 Å². The third kappa shape index (κ3) is 8.14. The Morgan fingerprint density at radius 3 is 2.05 bits per heavy atom. The molecule has 1 atom stereocenters. The summed E-state index contributed by atoms with van der Waals surface area (Å²) in [5, 5.41) is 2.91. The van der Waals surface area contributed by atoms with Gasteiger partial charge in [-0.2, -0.15) is 0 Å². The molecule has 0 aromatic heterocycles. The largest absolute Gasteiger partial charge is 0.352 e. The Balaban J connectivity index is 2.04. The van der Waals surface area contributed by atoms with Gasteiger partial charge in [0.1, 0.15) is 18.4 Å². The van der Waals surface area contributed by atoms with Gasteiger partial charge < -0.3 is 10.2 Å². The van der Waals surface area contributed by atoms with E-state index < -0.39 is 34.3 Å². The Bertz CT molecular complexity index is 1330. The van der Waals surface area contributed by atoms with Crippen LogP contribution in [0.4, 0.5) is 10.1 Å². The Morgan fingerprint density at radius 2 is 1.50 bits per heavy atom. The van der Waals surface area contributed by atoms with Crippen molar-refractivity contribution < 1.29 is 22.4 Å². The van der Waals surface area contributed by atoms with E-state index in [0.717, 1.165) is 39.4 Å². The number of halogens is 1. The number of benzene rings is 3. The topological polar surface area (TPSA) is 86.8 Å². The predicted molar refractivity (Wildman–Crippen MR) is 148 cm³/mol. The number of carbonyl (C=O) groups excluding carboxylic acids is 2. The van der Waals surface area contributed by atoms with E-state index in [1.165, 1.54) is 17.0 Å². The van der Waals surface area contributed by atoms with Crippen LogP contribution in [-0.2, 0) is 32.6 Å². The van der Waals surface area contributed by atoms with Crippen molar-refractivity contribution in [2.45, 2.75) is 45.8 Å². The minimum absolute atomic E-state index is 0.100. The van der Waals surface area contributed by atoms with Gasteiger partial charge in [0.25, 0.3) is 0 Å². The highest BCUT2D eigenvalue weighted by molar-refractivity contribution is 7.92. The zero-order chi connectivity index (χ0) is 27.9. The summed E-state index contributed by atoms with van der Waals surface area (Å²) < 4.78 is 39.8. The molecule has 0 heterocycles. The van der Waals surface area contributed by atoms with E-state index in [2.05, 4.69) is 5.32 Å². The summed E-state index contributed by atoms with van der Waals surface area (Å²) >= 11 is 0. The highest BCUT2D eigenvalue weighted by Gasteiger charge is 2.33. The standard InChI is InChI=1S/C29H34FN3O4S/c1-21(2)31-29(35)27(18-23-8-6-5-7-9-23)32(19-24-12-10-22(3)11-13-24)28(34)20-33(38(4,36)37)26-16-14-25(30)15-17-26/h5-17,21,27H,18-20H2,1-4H3,(H,31,35)/t27-/m1/s1. The number of aryl methyl sites for hydroxylation is 1. The fraction of sp³-hybridized carbons (Fsp3) is 0.310. The molecule has 3 aromatic rings. The van der Waals surface area contributed by atoms with Gasteiger partial charge in [0.2, 0.25) is 21.8 Å². The fourth-order valence-electron chi connectivity index (χ4n) is 4.05. The lowest BCUT2D eigenvalue weighted by Crippen LogP contribution is -2.54. The molecule has 7 nitrogen and oxygen atoms in total. The highest BCUT2D eigenvalue weighted by atomic mass is 32.2. The number of hydrogen-bond acceptors (Lipinski definition) is 4. The molecule has 1 N–H and O–H groups in total. The fourth-order valence-corrected chi connectivity index (χ4v) is 4.90. The van der Waals surface area contributed by atoms with Crippen LogP contribution in [-0.4, -0.2) is 50.0 Å². The van der Waals surface area contributed by atoms with Crippen LogP contribution in [0.2, 0.25) is 0 Å². The zero-order valence-electron chi connectivity index (χ0n) is 22.1. The van der Waals surface area contributed by atoms with Gasteiger partial charge in [0, 0.05) is 19.0 Å². The van der Waals surface area contributed by atoms with Gasteiger partial charge in [-0.1, -0.05) is 60.2 Å². The molecule has 3 aromatic carbocycles. The van der Waals surface area contributed by atoms with Crippen LogP contribution in [0.15, 0.2) is 78.9 Å². The van der Waals surface area contributed by atoms with Gasteiger partial charge >= 0.3 is 0 Å². The van der Waals surface area contributed by atoms with Crippen LogP contribution >= 0.6 is 0 Å². The second kappa shape index (κ2) is 12.7. The first-order valence-electron chi connectivity index (χ1n) is 12.4. The van der Waals surface area contributed by atoms with Gasteiger partial charge in [0.15, 0.2) is 0 Å². The molecular formula is C29H34FN3O4S. The van der Waals surface area contributed by atoms with E-state index in [0.29, 0.717) is 0 Å². The minimum atomic E-state index is -3.90. The molecule has 0 spiro atoms. The number of sulfonamides is 1. The Kier molecular flexibility index (Phi) is 9.63. The van der Waals surface area contributed by atoms with Gasteiger partial charge in [0.05, 0.1) is 11.9 Å². The smallest absolute Gasteiger partial charge is 0.244 e. The van der Waals surface area contributed by atoms with Crippen molar-refractivity contribution in [3.05, 3.63) is 101 Å². The van der Waals surface area contributed by atoms with Gasteiger partial charge in [-0.25, -0.2) is 12.8 Å². The quantitative estimate of drug-likeness (QED) is 0.398. The SMILES string of the molecule is Cc1ccc(CN(C(=O)CN(c2ccc(F)cc2)S(C)(=O)=O)[C@H](Cc2ccccc2)C(=O)NC(C)C)cc1. The average molecular weight is 540 g/mol. The number of hydrogen-bond donors (Lipinski definition) is 1. The molecule has 0 bridgehead atoms. The monoisotopic (exact) mass is 539 g/mol. The van der Waals surface area contributed by atoms with E-state index in [-0.39, 0.29) is 30.6 Å². The molecule has 202 valence electrons. The molecule has 0 aliphatic rings. The van der Waals surface area contributed by atoms with Crippen molar-refractivity contribution in [1.82, 2.24) is 10.2 Å². The van der Waals surface area contributed by atoms with Crippen molar-refractivity contribution >= 4 is 27.5 Å². The zero-order valence-corrected chi connectivity index (χ0v) is 22.9. The third-order valence-corrected chi connectivity index (χ3v) is 7.11. The first kappa shape index (κ1) is 28.8. The van der Waals surface area contributed by atoms with Gasteiger partial charge in [-0.15, -0.1) is 0 Å².